The summed E-state index contributed by atoms with van der Waals surface area (Å²) in [6.45, 7) is 8.17. The molecule has 3 aromatic rings. The van der Waals surface area contributed by atoms with Crippen molar-refractivity contribution >= 4 is 34.6 Å². The Morgan fingerprint density at radius 3 is 2.61 bits per heavy atom. The van der Waals surface area contributed by atoms with Gasteiger partial charge in [0.2, 0.25) is 11.9 Å². The number of carbonyl (C=O) groups is 1. The monoisotopic (exact) mass is 416 g/mol. The molecule has 0 unspecified atom stereocenters. The van der Waals surface area contributed by atoms with Gasteiger partial charge in [-0.2, -0.15) is 0 Å². The maximum Gasteiger partial charge on any atom is 0.249 e. The minimum absolute atomic E-state index is 0.0930. The topological polar surface area (TPSA) is 87.4 Å². The summed E-state index contributed by atoms with van der Waals surface area (Å²) in [5, 5.41) is 3.32. The number of aromatic nitrogens is 2. The van der Waals surface area contributed by atoms with E-state index < -0.39 is 0 Å². The van der Waals surface area contributed by atoms with E-state index in [0.29, 0.717) is 11.6 Å². The second kappa shape index (κ2) is 7.91. The van der Waals surface area contributed by atoms with Gasteiger partial charge in [-0.05, 0) is 69.7 Å². The highest BCUT2D eigenvalue weighted by molar-refractivity contribution is 6.05. The van der Waals surface area contributed by atoms with Gasteiger partial charge in [0.05, 0.1) is 17.1 Å². The number of amides is 1. The summed E-state index contributed by atoms with van der Waals surface area (Å²) >= 11 is 0. The van der Waals surface area contributed by atoms with Crippen molar-refractivity contribution in [2.45, 2.75) is 39.8 Å². The van der Waals surface area contributed by atoms with Crippen molar-refractivity contribution in [1.29, 1.82) is 0 Å². The largest absolute Gasteiger partial charge is 0.399 e. The average Bonchev–Trinajstić information content (AvgIpc) is 2.74. The fourth-order valence-corrected chi connectivity index (χ4v) is 4.16. The SMILES string of the molecule is Cc1ccc(N)cc1-c1ccnc(Nc2ccc3c(c2)N(C(C)C)[C@H](C)C(=O)N3C)n1. The molecule has 0 spiro atoms. The van der Waals surface area contributed by atoms with Gasteiger partial charge in [-0.15, -0.1) is 0 Å². The van der Waals surface area contributed by atoms with Crippen molar-refractivity contribution < 1.29 is 4.79 Å². The molecule has 7 nitrogen and oxygen atoms in total. The molecule has 1 atom stereocenters. The van der Waals surface area contributed by atoms with Crippen molar-refractivity contribution in [1.82, 2.24) is 9.97 Å². The van der Waals surface area contributed by atoms with Gasteiger partial charge < -0.3 is 20.9 Å². The first kappa shape index (κ1) is 20.7. The molecule has 0 fully saturated rings. The molecule has 7 heteroatoms. The summed E-state index contributed by atoms with van der Waals surface area (Å²) in [5.74, 6) is 0.596. The number of nitrogens with zero attached hydrogens (tertiary/aromatic N) is 4. The van der Waals surface area contributed by atoms with Gasteiger partial charge in [-0.1, -0.05) is 6.07 Å². The lowest BCUT2D eigenvalue weighted by Crippen LogP contribution is -2.53. The summed E-state index contributed by atoms with van der Waals surface area (Å²) in [6, 6.07) is 13.6. The number of aryl methyl sites for hydroxylation is 1. The number of anilines is 5. The second-order valence-corrected chi connectivity index (χ2v) is 8.24. The lowest BCUT2D eigenvalue weighted by atomic mass is 10.0. The summed E-state index contributed by atoms with van der Waals surface area (Å²) in [7, 11) is 1.82. The molecular weight excluding hydrogens is 388 g/mol. The average molecular weight is 417 g/mol. The maximum absolute atomic E-state index is 12.6. The van der Waals surface area contributed by atoms with E-state index >= 15 is 0 Å². The van der Waals surface area contributed by atoms with E-state index in [1.54, 1.807) is 11.1 Å². The van der Waals surface area contributed by atoms with Crippen molar-refractivity contribution in [2.75, 3.05) is 27.9 Å². The van der Waals surface area contributed by atoms with Gasteiger partial charge in [0, 0.05) is 36.2 Å². The Morgan fingerprint density at radius 1 is 1.10 bits per heavy atom. The Hall–Kier alpha value is -3.61. The van der Waals surface area contributed by atoms with Crippen molar-refractivity contribution in [3.63, 3.8) is 0 Å². The first-order chi connectivity index (χ1) is 14.8. The number of hydrogen-bond acceptors (Lipinski definition) is 6. The van der Waals surface area contributed by atoms with E-state index in [-0.39, 0.29) is 18.0 Å². The van der Waals surface area contributed by atoms with E-state index in [4.69, 9.17) is 10.7 Å². The molecule has 160 valence electrons. The van der Waals surface area contributed by atoms with Crippen LogP contribution in [0.5, 0.6) is 0 Å². The van der Waals surface area contributed by atoms with Crippen LogP contribution in [0.15, 0.2) is 48.7 Å². The lowest BCUT2D eigenvalue weighted by Gasteiger charge is -2.42. The van der Waals surface area contributed by atoms with Crippen molar-refractivity contribution in [3.05, 3.63) is 54.2 Å². The number of rotatable bonds is 4. The number of benzene rings is 2. The van der Waals surface area contributed by atoms with Crippen LogP contribution in [-0.4, -0.2) is 35.0 Å². The van der Waals surface area contributed by atoms with E-state index in [9.17, 15) is 4.79 Å². The molecule has 0 bridgehead atoms. The zero-order valence-corrected chi connectivity index (χ0v) is 18.5. The zero-order valence-electron chi connectivity index (χ0n) is 18.5. The fraction of sp³-hybridized carbons (Fsp3) is 0.292. The first-order valence-corrected chi connectivity index (χ1v) is 10.4. The van der Waals surface area contributed by atoms with Gasteiger partial charge in [-0.3, -0.25) is 4.79 Å². The highest BCUT2D eigenvalue weighted by atomic mass is 16.2. The van der Waals surface area contributed by atoms with Gasteiger partial charge in [0.15, 0.2) is 0 Å². The summed E-state index contributed by atoms with van der Waals surface area (Å²) in [6.07, 6.45) is 1.74. The van der Waals surface area contributed by atoms with Crippen LogP contribution >= 0.6 is 0 Å². The smallest absolute Gasteiger partial charge is 0.249 e. The molecule has 1 amide bonds. The molecule has 4 rings (SSSR count). The van der Waals surface area contributed by atoms with Crippen LogP contribution in [0.2, 0.25) is 0 Å². The van der Waals surface area contributed by atoms with Crippen LogP contribution in [-0.2, 0) is 4.79 Å². The van der Waals surface area contributed by atoms with Crippen LogP contribution in [0.3, 0.4) is 0 Å². The Bertz CT molecular complexity index is 1140. The standard InChI is InChI=1S/C24H28N6O/c1-14(2)30-16(4)23(31)29(5)21-9-8-18(13-22(21)30)27-24-26-11-10-20(28-24)19-12-17(25)7-6-15(19)3/h6-14,16H,25H2,1-5H3,(H,26,27,28)/t16-/m1/s1. The second-order valence-electron chi connectivity index (χ2n) is 8.24. The van der Waals surface area contributed by atoms with Crippen molar-refractivity contribution in [2.24, 2.45) is 0 Å². The van der Waals surface area contributed by atoms with Crippen molar-refractivity contribution in [3.8, 4) is 11.3 Å². The molecule has 2 aromatic carbocycles. The third-order valence-corrected chi connectivity index (χ3v) is 5.73. The van der Waals surface area contributed by atoms with Crippen LogP contribution in [0, 0.1) is 6.92 Å². The van der Waals surface area contributed by atoms with E-state index in [1.165, 1.54) is 0 Å². The molecule has 2 heterocycles. The first-order valence-electron chi connectivity index (χ1n) is 10.4. The summed E-state index contributed by atoms with van der Waals surface area (Å²) in [4.78, 5) is 25.6. The zero-order chi connectivity index (χ0) is 22.3. The quantitative estimate of drug-likeness (QED) is 0.615. The molecule has 0 saturated carbocycles. The highest BCUT2D eigenvalue weighted by Gasteiger charge is 2.34. The third-order valence-electron chi connectivity index (χ3n) is 5.73. The Kier molecular flexibility index (Phi) is 5.27. The van der Waals surface area contributed by atoms with Gasteiger partial charge in [0.25, 0.3) is 0 Å². The number of likely N-dealkylation sites (N-methyl/N-ethyl adjacent to an activating group) is 1. The predicted octanol–water partition coefficient (Wildman–Crippen LogP) is 4.36. The molecule has 3 N–H and O–H groups in total. The Balaban J connectivity index is 1.69. The fourth-order valence-electron chi connectivity index (χ4n) is 4.16. The number of nitrogen functional groups attached to an aromatic ring is 1. The van der Waals surface area contributed by atoms with E-state index in [1.807, 2.05) is 57.3 Å². The normalized spacial score (nSPS) is 15.9. The molecular formula is C24H28N6O. The predicted molar refractivity (Wildman–Crippen MR) is 127 cm³/mol. The van der Waals surface area contributed by atoms with Gasteiger partial charge >= 0.3 is 0 Å². The third kappa shape index (κ3) is 3.79. The molecule has 31 heavy (non-hydrogen) atoms. The molecule has 0 saturated heterocycles. The van der Waals surface area contributed by atoms with E-state index in [2.05, 4.69) is 35.1 Å². The molecule has 1 aliphatic heterocycles. The molecule has 0 radical (unpaired) electrons. The maximum atomic E-state index is 12.6. The highest BCUT2D eigenvalue weighted by Crippen LogP contribution is 2.39. The molecule has 1 aromatic heterocycles. The van der Waals surface area contributed by atoms with Crippen LogP contribution in [0.4, 0.5) is 28.7 Å². The van der Waals surface area contributed by atoms with Gasteiger partial charge in [-0.25, -0.2) is 9.97 Å². The van der Waals surface area contributed by atoms with Crippen LogP contribution < -0.4 is 20.9 Å². The number of carbonyl (C=O) groups excluding carboxylic acids is 1. The summed E-state index contributed by atoms with van der Waals surface area (Å²) in [5.41, 5.74) is 12.3. The Labute approximate surface area is 182 Å². The molecule has 1 aliphatic rings. The minimum atomic E-state index is -0.223. The number of nitrogens with one attached hydrogen (secondary N) is 1. The van der Waals surface area contributed by atoms with E-state index in [0.717, 1.165) is 33.9 Å². The van der Waals surface area contributed by atoms with Crippen LogP contribution in [0.25, 0.3) is 11.3 Å². The van der Waals surface area contributed by atoms with Gasteiger partial charge in [0.1, 0.15) is 6.04 Å². The molecule has 0 aliphatic carbocycles. The summed E-state index contributed by atoms with van der Waals surface area (Å²) < 4.78 is 0. The number of nitrogens with two attached hydrogens (primary N) is 1. The minimum Gasteiger partial charge on any atom is -0.399 e. The Morgan fingerprint density at radius 2 is 1.87 bits per heavy atom. The lowest BCUT2D eigenvalue weighted by molar-refractivity contribution is -0.119. The number of fused-ring (bicyclic) bond motifs is 1. The number of hydrogen-bond donors (Lipinski definition) is 2. The van der Waals surface area contributed by atoms with Crippen LogP contribution in [0.1, 0.15) is 26.3 Å².